The van der Waals surface area contributed by atoms with Crippen LogP contribution in [-0.2, 0) is 6.42 Å². The van der Waals surface area contributed by atoms with E-state index in [1.807, 2.05) is 6.92 Å². The number of rotatable bonds is 4. The van der Waals surface area contributed by atoms with E-state index in [0.717, 1.165) is 6.07 Å². The molecule has 20 heavy (non-hydrogen) atoms. The van der Waals surface area contributed by atoms with Crippen LogP contribution in [0, 0.1) is 0 Å². The average Bonchev–Trinajstić information content (AvgIpc) is 2.85. The number of aryl methyl sites for hydroxylation is 1. The summed E-state index contributed by atoms with van der Waals surface area (Å²) in [5, 5.41) is 0. The maximum absolute atomic E-state index is 12.3. The van der Waals surface area contributed by atoms with Crippen LogP contribution in [0.15, 0.2) is 40.8 Å². The molecule has 1 aromatic heterocycles. The van der Waals surface area contributed by atoms with Crippen LogP contribution < -0.4 is 4.74 Å². The van der Waals surface area contributed by atoms with Crippen molar-refractivity contribution in [2.24, 2.45) is 0 Å². The number of alkyl halides is 3. The van der Waals surface area contributed by atoms with Gasteiger partial charge in [-0.2, -0.15) is 0 Å². The number of benzene rings is 1. The predicted octanol–water partition coefficient (Wildman–Crippen LogP) is 3.97. The van der Waals surface area contributed by atoms with Gasteiger partial charge in [-0.25, -0.2) is 0 Å². The van der Waals surface area contributed by atoms with Gasteiger partial charge in [0, 0.05) is 6.42 Å². The van der Waals surface area contributed by atoms with Gasteiger partial charge in [-0.1, -0.05) is 19.1 Å². The van der Waals surface area contributed by atoms with E-state index >= 15 is 0 Å². The molecule has 0 spiro atoms. The van der Waals surface area contributed by atoms with Crippen molar-refractivity contribution in [3.8, 4) is 5.75 Å². The van der Waals surface area contributed by atoms with Crippen molar-refractivity contribution in [3.05, 3.63) is 53.5 Å². The second-order valence-electron chi connectivity index (χ2n) is 3.99. The highest BCUT2D eigenvalue weighted by atomic mass is 19.4. The number of hydrogen-bond acceptors (Lipinski definition) is 3. The molecule has 0 unspecified atom stereocenters. The van der Waals surface area contributed by atoms with Gasteiger partial charge in [0.1, 0.15) is 11.5 Å². The second-order valence-corrected chi connectivity index (χ2v) is 3.99. The van der Waals surface area contributed by atoms with Gasteiger partial charge >= 0.3 is 6.36 Å². The molecule has 0 N–H and O–H groups in total. The largest absolute Gasteiger partial charge is 0.573 e. The normalized spacial score (nSPS) is 11.4. The van der Waals surface area contributed by atoms with E-state index in [9.17, 15) is 18.0 Å². The molecule has 0 saturated carbocycles. The van der Waals surface area contributed by atoms with E-state index in [4.69, 9.17) is 4.42 Å². The number of ether oxygens (including phenoxy) is 1. The fraction of sp³-hybridized carbons (Fsp3) is 0.214. The van der Waals surface area contributed by atoms with Gasteiger partial charge in [0.15, 0.2) is 5.76 Å². The van der Waals surface area contributed by atoms with E-state index in [2.05, 4.69) is 4.74 Å². The zero-order valence-electron chi connectivity index (χ0n) is 10.5. The van der Waals surface area contributed by atoms with Gasteiger partial charge in [0.2, 0.25) is 5.78 Å². The predicted molar refractivity (Wildman–Crippen MR) is 64.6 cm³/mol. The maximum Gasteiger partial charge on any atom is 0.573 e. The summed E-state index contributed by atoms with van der Waals surface area (Å²) in [6.45, 7) is 1.84. The van der Waals surface area contributed by atoms with E-state index in [-0.39, 0.29) is 11.3 Å². The Hall–Kier alpha value is -2.24. The number of carbonyl (C=O) groups excluding carboxylic acids is 1. The molecule has 3 nitrogen and oxygen atoms in total. The summed E-state index contributed by atoms with van der Waals surface area (Å²) in [4.78, 5) is 12.1. The monoisotopic (exact) mass is 284 g/mol. The Labute approximate surface area is 113 Å². The van der Waals surface area contributed by atoms with Crippen LogP contribution in [0.1, 0.15) is 28.8 Å². The number of carbonyl (C=O) groups is 1. The summed E-state index contributed by atoms with van der Waals surface area (Å²) in [6, 6.07) is 8.21. The van der Waals surface area contributed by atoms with Crippen LogP contribution in [0.25, 0.3) is 0 Å². The van der Waals surface area contributed by atoms with E-state index in [0.29, 0.717) is 12.2 Å². The third-order valence-electron chi connectivity index (χ3n) is 2.59. The van der Waals surface area contributed by atoms with Crippen molar-refractivity contribution in [2.75, 3.05) is 0 Å². The Bertz CT molecular complexity index is 614. The zero-order valence-corrected chi connectivity index (χ0v) is 10.5. The van der Waals surface area contributed by atoms with E-state index in [1.54, 1.807) is 6.07 Å². The van der Waals surface area contributed by atoms with Gasteiger partial charge in [-0.05, 0) is 24.3 Å². The molecule has 0 fully saturated rings. The van der Waals surface area contributed by atoms with Gasteiger partial charge in [0.25, 0.3) is 0 Å². The standard InChI is InChI=1S/C14H11F3O3/c1-2-9-7-8-12(19-9)13(18)10-5-3-4-6-11(10)20-14(15,16)17/h3-8H,2H2,1H3. The molecule has 2 aromatic rings. The third-order valence-corrected chi connectivity index (χ3v) is 2.59. The van der Waals surface area contributed by atoms with E-state index in [1.165, 1.54) is 24.3 Å². The van der Waals surface area contributed by atoms with Crippen molar-refractivity contribution in [3.63, 3.8) is 0 Å². The van der Waals surface area contributed by atoms with Crippen LogP contribution >= 0.6 is 0 Å². The molecule has 6 heteroatoms. The van der Waals surface area contributed by atoms with Crippen molar-refractivity contribution in [2.45, 2.75) is 19.7 Å². The number of halogens is 3. The van der Waals surface area contributed by atoms with Gasteiger partial charge in [0.05, 0.1) is 5.56 Å². The smallest absolute Gasteiger partial charge is 0.458 e. The maximum atomic E-state index is 12.3. The molecule has 0 aliphatic rings. The molecule has 0 atom stereocenters. The summed E-state index contributed by atoms with van der Waals surface area (Å²) in [6.07, 6.45) is -4.26. The van der Waals surface area contributed by atoms with Crippen LogP contribution in [0.4, 0.5) is 13.2 Å². The SMILES string of the molecule is CCc1ccc(C(=O)c2ccccc2OC(F)(F)F)o1. The number of hydrogen-bond donors (Lipinski definition) is 0. The summed E-state index contributed by atoms with van der Waals surface area (Å²) >= 11 is 0. The molecule has 0 aliphatic carbocycles. The quantitative estimate of drug-likeness (QED) is 0.797. The highest BCUT2D eigenvalue weighted by Gasteiger charge is 2.33. The molecule has 0 amide bonds. The Morgan fingerprint density at radius 3 is 2.50 bits per heavy atom. The highest BCUT2D eigenvalue weighted by Crippen LogP contribution is 2.28. The number of ketones is 1. The van der Waals surface area contributed by atoms with Crippen LogP contribution in [0.5, 0.6) is 5.75 Å². The lowest BCUT2D eigenvalue weighted by Crippen LogP contribution is -2.19. The minimum Gasteiger partial charge on any atom is -0.458 e. The van der Waals surface area contributed by atoms with Crippen LogP contribution in [0.3, 0.4) is 0 Å². The summed E-state index contributed by atoms with van der Waals surface area (Å²) in [5.41, 5.74) is -0.193. The zero-order chi connectivity index (χ0) is 14.8. The first-order valence-corrected chi connectivity index (χ1v) is 5.89. The Morgan fingerprint density at radius 1 is 1.20 bits per heavy atom. The van der Waals surface area contributed by atoms with Crippen LogP contribution in [0.2, 0.25) is 0 Å². The van der Waals surface area contributed by atoms with Crippen molar-refractivity contribution < 1.29 is 27.1 Å². The molecule has 0 saturated heterocycles. The lowest BCUT2D eigenvalue weighted by molar-refractivity contribution is -0.274. The molecular formula is C14H11F3O3. The summed E-state index contributed by atoms with van der Waals surface area (Å²) in [5.74, 6) is -0.619. The van der Waals surface area contributed by atoms with Crippen LogP contribution in [-0.4, -0.2) is 12.1 Å². The Morgan fingerprint density at radius 2 is 1.90 bits per heavy atom. The van der Waals surface area contributed by atoms with Crippen molar-refractivity contribution in [1.29, 1.82) is 0 Å². The lowest BCUT2D eigenvalue weighted by Gasteiger charge is -2.11. The van der Waals surface area contributed by atoms with Gasteiger partial charge < -0.3 is 9.15 Å². The highest BCUT2D eigenvalue weighted by molar-refractivity contribution is 6.09. The molecule has 0 aliphatic heterocycles. The summed E-state index contributed by atoms with van der Waals surface area (Å²) in [7, 11) is 0. The molecule has 0 radical (unpaired) electrons. The van der Waals surface area contributed by atoms with E-state index < -0.39 is 17.9 Å². The third kappa shape index (κ3) is 3.20. The first-order chi connectivity index (χ1) is 9.40. The molecule has 1 aromatic carbocycles. The number of para-hydroxylation sites is 1. The second kappa shape index (κ2) is 5.40. The molecular weight excluding hydrogens is 273 g/mol. The van der Waals surface area contributed by atoms with Gasteiger partial charge in [-0.3, -0.25) is 4.79 Å². The first kappa shape index (κ1) is 14.2. The summed E-state index contributed by atoms with van der Waals surface area (Å²) < 4.78 is 46.0. The van der Waals surface area contributed by atoms with Crippen molar-refractivity contribution in [1.82, 2.24) is 0 Å². The van der Waals surface area contributed by atoms with Gasteiger partial charge in [-0.15, -0.1) is 13.2 Å². The fourth-order valence-corrected chi connectivity index (χ4v) is 1.69. The average molecular weight is 284 g/mol. The fourth-order valence-electron chi connectivity index (χ4n) is 1.69. The minimum atomic E-state index is -4.85. The lowest BCUT2D eigenvalue weighted by atomic mass is 10.1. The topological polar surface area (TPSA) is 39.4 Å². The first-order valence-electron chi connectivity index (χ1n) is 5.89. The number of furan rings is 1. The molecule has 2 rings (SSSR count). The molecule has 1 heterocycles. The minimum absolute atomic E-state index is 0.0138. The molecule has 106 valence electrons. The Kier molecular flexibility index (Phi) is 3.83. The molecule has 0 bridgehead atoms. The van der Waals surface area contributed by atoms with Crippen molar-refractivity contribution >= 4 is 5.78 Å². The Balaban J connectivity index is 2.34.